The number of carbonyl (C=O) groups is 4. The first-order valence-corrected chi connectivity index (χ1v) is 3.01. The molecule has 0 aromatic heterocycles. The van der Waals surface area contributed by atoms with E-state index in [0.717, 1.165) is 0 Å². The highest BCUT2D eigenvalue weighted by Crippen LogP contribution is 1.73. The van der Waals surface area contributed by atoms with Crippen molar-refractivity contribution >= 4 is 23.5 Å². The van der Waals surface area contributed by atoms with Gasteiger partial charge in [0.2, 0.25) is 0 Å². The second-order valence-corrected chi connectivity index (χ2v) is 1.77. The molecule has 0 aromatic carbocycles. The Balaban J connectivity index is 4.55. The molecule has 0 aliphatic rings. The molecule has 0 heterocycles. The fourth-order valence-electron chi connectivity index (χ4n) is 0.334. The Kier molecular flexibility index (Phi) is 4.17. The summed E-state index contributed by atoms with van der Waals surface area (Å²) in [6.45, 7) is 0. The van der Waals surface area contributed by atoms with Gasteiger partial charge in [-0.2, -0.15) is 0 Å². The summed E-state index contributed by atoms with van der Waals surface area (Å²) in [5, 5.41) is 16.0. The molecule has 0 spiro atoms. The summed E-state index contributed by atoms with van der Waals surface area (Å²) < 4.78 is 0. The van der Waals surface area contributed by atoms with Crippen molar-refractivity contribution in [2.75, 3.05) is 0 Å². The lowest BCUT2D eigenvalue weighted by atomic mass is 10.2. The lowest BCUT2D eigenvalue weighted by Crippen LogP contribution is -2.09. The van der Waals surface area contributed by atoms with Crippen LogP contribution in [-0.2, 0) is 19.2 Å². The highest BCUT2D eigenvalue weighted by Gasteiger charge is 2.07. The van der Waals surface area contributed by atoms with Gasteiger partial charge >= 0.3 is 11.9 Å². The number of Topliss-reactive ketones (excluding diaryl/α,β-unsaturated/α-hetero) is 2. The molecule has 0 unspecified atom stereocenters. The average molecular weight is 194 g/mol. The zero-order valence-corrected chi connectivity index (χ0v) is 6.53. The second-order valence-electron chi connectivity index (χ2n) is 1.77. The summed E-state index contributed by atoms with van der Waals surface area (Å²) in [6.07, 6.45) is 0. The topological polar surface area (TPSA) is 109 Å². The molecule has 0 saturated carbocycles. The maximum Gasteiger partial charge on any atom is 0.382 e. The van der Waals surface area contributed by atoms with E-state index in [4.69, 9.17) is 10.2 Å². The third-order valence-electron chi connectivity index (χ3n) is 0.772. The van der Waals surface area contributed by atoms with Gasteiger partial charge in [-0.1, -0.05) is 0 Å². The van der Waals surface area contributed by atoms with Gasteiger partial charge in [-0.25, -0.2) is 9.59 Å². The lowest BCUT2D eigenvalue weighted by Gasteiger charge is -1.77. The first-order chi connectivity index (χ1) is 6.43. The molecule has 0 amide bonds. The van der Waals surface area contributed by atoms with Gasteiger partial charge in [0.05, 0.1) is 0 Å². The van der Waals surface area contributed by atoms with E-state index >= 15 is 0 Å². The van der Waals surface area contributed by atoms with Gasteiger partial charge in [0.1, 0.15) is 0 Å². The molecule has 0 rings (SSSR count). The molecule has 6 heteroatoms. The zero-order valence-electron chi connectivity index (χ0n) is 6.53. The van der Waals surface area contributed by atoms with Gasteiger partial charge in [-0.3, -0.25) is 9.59 Å². The Morgan fingerprint density at radius 2 is 0.929 bits per heavy atom. The van der Waals surface area contributed by atoms with Gasteiger partial charge in [-0.15, -0.1) is 0 Å². The first-order valence-electron chi connectivity index (χ1n) is 3.01. The van der Waals surface area contributed by atoms with Crippen LogP contribution in [0.15, 0.2) is 0 Å². The van der Waals surface area contributed by atoms with Crippen LogP contribution in [0, 0.1) is 23.7 Å². The molecule has 0 aromatic rings. The normalized spacial score (nSPS) is 7.14. The van der Waals surface area contributed by atoms with Crippen LogP contribution in [0.25, 0.3) is 0 Å². The molecule has 0 saturated heterocycles. The van der Waals surface area contributed by atoms with E-state index in [1.54, 1.807) is 0 Å². The fourth-order valence-corrected chi connectivity index (χ4v) is 0.334. The third kappa shape index (κ3) is 5.10. The summed E-state index contributed by atoms with van der Waals surface area (Å²) >= 11 is 0. The van der Waals surface area contributed by atoms with Crippen molar-refractivity contribution in [2.24, 2.45) is 0 Å². The Morgan fingerprint density at radius 3 is 1.14 bits per heavy atom. The summed E-state index contributed by atoms with van der Waals surface area (Å²) in [5.74, 6) is -0.130. The molecule has 0 radical (unpaired) electrons. The number of hydrogen-bond acceptors (Lipinski definition) is 4. The zero-order chi connectivity index (χ0) is 11.1. The summed E-state index contributed by atoms with van der Waals surface area (Å²) in [6, 6.07) is 0. The van der Waals surface area contributed by atoms with Crippen LogP contribution in [0.3, 0.4) is 0 Å². The minimum atomic E-state index is -1.57. The van der Waals surface area contributed by atoms with Gasteiger partial charge in [-0.05, 0) is 11.8 Å². The molecule has 70 valence electrons. The monoisotopic (exact) mass is 194 g/mol. The van der Waals surface area contributed by atoms with E-state index in [9.17, 15) is 19.2 Å². The largest absolute Gasteiger partial charge is 0.472 e. The number of rotatable bonds is 1. The number of aliphatic carboxylic acids is 2. The van der Waals surface area contributed by atoms with Gasteiger partial charge in [0.25, 0.3) is 11.6 Å². The highest BCUT2D eigenvalue weighted by molar-refractivity contribution is 6.50. The van der Waals surface area contributed by atoms with E-state index in [-0.39, 0.29) is 0 Å². The van der Waals surface area contributed by atoms with E-state index < -0.39 is 23.5 Å². The number of carbonyl (C=O) groups excluding carboxylic acids is 2. The lowest BCUT2D eigenvalue weighted by molar-refractivity contribution is -0.132. The Morgan fingerprint density at radius 1 is 0.643 bits per heavy atom. The molecular weight excluding hydrogens is 192 g/mol. The van der Waals surface area contributed by atoms with Crippen LogP contribution in [0.5, 0.6) is 0 Å². The maximum atomic E-state index is 10.6. The molecule has 0 bridgehead atoms. The van der Waals surface area contributed by atoms with Crippen LogP contribution >= 0.6 is 0 Å². The van der Waals surface area contributed by atoms with E-state index in [1.165, 1.54) is 23.7 Å². The van der Waals surface area contributed by atoms with Crippen LogP contribution in [0.2, 0.25) is 0 Å². The molecule has 14 heavy (non-hydrogen) atoms. The number of carboxylic acid groups (broad SMARTS) is 2. The van der Waals surface area contributed by atoms with Crippen LogP contribution in [-0.4, -0.2) is 33.7 Å². The van der Waals surface area contributed by atoms with Gasteiger partial charge in [0, 0.05) is 11.8 Å². The molecule has 6 nitrogen and oxygen atoms in total. The van der Waals surface area contributed by atoms with Crippen molar-refractivity contribution < 1.29 is 29.4 Å². The Labute approximate surface area is 77.5 Å². The van der Waals surface area contributed by atoms with Crippen LogP contribution in [0.1, 0.15) is 0 Å². The number of hydrogen-bond donors (Lipinski definition) is 2. The number of ketones is 2. The van der Waals surface area contributed by atoms with Crippen molar-refractivity contribution in [1.82, 2.24) is 0 Å². The van der Waals surface area contributed by atoms with Gasteiger partial charge < -0.3 is 10.2 Å². The maximum absolute atomic E-state index is 10.6. The molecular formula is C8H2O6. The number of carboxylic acids is 2. The van der Waals surface area contributed by atoms with Crippen molar-refractivity contribution in [3.63, 3.8) is 0 Å². The quantitative estimate of drug-likeness (QED) is 0.292. The summed E-state index contributed by atoms with van der Waals surface area (Å²) in [4.78, 5) is 40.8. The average Bonchev–Trinajstić information content (AvgIpc) is 2.09. The first kappa shape index (κ1) is 11.4. The van der Waals surface area contributed by atoms with Crippen LogP contribution < -0.4 is 0 Å². The van der Waals surface area contributed by atoms with Crippen LogP contribution in [0.4, 0.5) is 0 Å². The van der Waals surface area contributed by atoms with Crippen molar-refractivity contribution in [3.8, 4) is 23.7 Å². The minimum absolute atomic E-state index is 1.36. The molecule has 0 atom stereocenters. The Hall–Kier alpha value is -2.60. The second kappa shape index (κ2) is 5.12. The summed E-state index contributed by atoms with van der Waals surface area (Å²) in [5.41, 5.74) is 0. The van der Waals surface area contributed by atoms with Crippen molar-refractivity contribution in [2.45, 2.75) is 0 Å². The summed E-state index contributed by atoms with van der Waals surface area (Å²) in [7, 11) is 0. The minimum Gasteiger partial charge on any atom is -0.472 e. The van der Waals surface area contributed by atoms with E-state index in [1.807, 2.05) is 0 Å². The highest BCUT2D eigenvalue weighted by atomic mass is 16.4. The van der Waals surface area contributed by atoms with Crippen molar-refractivity contribution in [1.29, 1.82) is 0 Å². The molecule has 0 fully saturated rings. The van der Waals surface area contributed by atoms with Crippen molar-refractivity contribution in [3.05, 3.63) is 0 Å². The predicted molar refractivity (Wildman–Crippen MR) is 40.8 cm³/mol. The molecule has 0 aliphatic heterocycles. The predicted octanol–water partition coefficient (Wildman–Crippen LogP) is -1.70. The molecule has 2 N–H and O–H groups in total. The SMILES string of the molecule is O=C(O)C#CC(=O)C(=O)C#CC(=O)O. The third-order valence-corrected chi connectivity index (χ3v) is 0.772. The van der Waals surface area contributed by atoms with E-state index in [0.29, 0.717) is 0 Å². The van der Waals surface area contributed by atoms with E-state index in [2.05, 4.69) is 0 Å². The standard InChI is InChI=1S/C8H2O6/c9-5(1-3-7(11)12)6(10)2-4-8(13)14/h(H,11,12)(H,13,14). The van der Waals surface area contributed by atoms with Gasteiger partial charge in [0.15, 0.2) is 0 Å². The Bertz CT molecular complexity index is 380. The smallest absolute Gasteiger partial charge is 0.382 e. The molecule has 0 aliphatic carbocycles. The fraction of sp³-hybridized carbons (Fsp3) is 0.